The van der Waals surface area contributed by atoms with E-state index in [0.717, 1.165) is 28.5 Å². The highest BCUT2D eigenvalue weighted by Gasteiger charge is 2.45. The van der Waals surface area contributed by atoms with Crippen LogP contribution in [0.2, 0.25) is 0 Å². The number of aromatic nitrogens is 2. The van der Waals surface area contributed by atoms with E-state index in [0.29, 0.717) is 12.2 Å². The lowest BCUT2D eigenvalue weighted by Gasteiger charge is -2.30. The van der Waals surface area contributed by atoms with E-state index in [1.165, 1.54) is 18.0 Å². The van der Waals surface area contributed by atoms with E-state index in [2.05, 4.69) is 10.4 Å². The zero-order valence-corrected chi connectivity index (χ0v) is 23.7. The third-order valence-electron chi connectivity index (χ3n) is 6.90. The number of carbonyl (C=O) groups is 1. The molecule has 1 aromatic heterocycles. The summed E-state index contributed by atoms with van der Waals surface area (Å²) < 4.78 is 48.8. The average Bonchev–Trinajstić information content (AvgIpc) is 3.19. The van der Waals surface area contributed by atoms with Crippen molar-refractivity contribution in [3.8, 4) is 0 Å². The quantitative estimate of drug-likeness (QED) is 0.300. The van der Waals surface area contributed by atoms with Gasteiger partial charge in [0.1, 0.15) is 12.4 Å². The van der Waals surface area contributed by atoms with Crippen molar-refractivity contribution in [3.05, 3.63) is 82.2 Å². The monoisotopic (exact) mass is 561 g/mol. The second kappa shape index (κ2) is 12.6. The molecule has 5 N–H and O–H groups in total. The molecule has 1 aromatic carbocycles. The van der Waals surface area contributed by atoms with Gasteiger partial charge < -0.3 is 25.7 Å². The van der Waals surface area contributed by atoms with Gasteiger partial charge >= 0.3 is 6.18 Å². The standard InChI is InChI=1S/C28H38F3N7O2/c1-17-7-8-20(11-21(17)15-38(33)16-25(32)23-14-34-37(6)19(23)3)27(39)35-22-12-24(28(29,30)31)18(2)26(13-22)40-10-9-36(4)5/h7-8,11-14,16,18,24H,9-10,15,32-33H2,1-6H3,(H,35,39)/b25-16-. The molecule has 0 saturated heterocycles. The zero-order chi connectivity index (χ0) is 29.8. The normalized spacial score (nSPS) is 17.9. The van der Waals surface area contributed by atoms with Gasteiger partial charge in [-0.15, -0.1) is 0 Å². The Morgan fingerprint density at radius 2 is 1.98 bits per heavy atom. The molecule has 9 nitrogen and oxygen atoms in total. The van der Waals surface area contributed by atoms with Gasteiger partial charge in [0, 0.05) is 48.2 Å². The number of benzene rings is 1. The van der Waals surface area contributed by atoms with Crippen molar-refractivity contribution in [2.75, 3.05) is 27.2 Å². The van der Waals surface area contributed by atoms with Crippen molar-refractivity contribution in [1.82, 2.24) is 25.0 Å². The van der Waals surface area contributed by atoms with E-state index >= 15 is 0 Å². The summed E-state index contributed by atoms with van der Waals surface area (Å²) in [5.74, 6) is 3.13. The lowest BCUT2D eigenvalue weighted by atomic mass is 9.86. The highest BCUT2D eigenvalue weighted by Crippen LogP contribution is 2.40. The molecule has 0 bridgehead atoms. The number of rotatable bonds is 10. The topological polar surface area (TPSA) is 115 Å². The molecule has 0 spiro atoms. The number of alkyl halides is 3. The Balaban J connectivity index is 1.78. The van der Waals surface area contributed by atoms with E-state index in [9.17, 15) is 18.0 Å². The number of nitrogens with zero attached hydrogens (tertiary/aromatic N) is 4. The van der Waals surface area contributed by atoms with E-state index < -0.39 is 23.9 Å². The van der Waals surface area contributed by atoms with E-state index in [4.69, 9.17) is 16.3 Å². The summed E-state index contributed by atoms with van der Waals surface area (Å²) in [7, 11) is 5.51. The Bertz CT molecular complexity index is 1310. The number of carbonyl (C=O) groups excluding carboxylic acids is 1. The Morgan fingerprint density at radius 1 is 1.27 bits per heavy atom. The molecule has 1 amide bonds. The molecule has 3 rings (SSSR count). The maximum Gasteiger partial charge on any atom is 0.395 e. The first-order valence-electron chi connectivity index (χ1n) is 12.8. The van der Waals surface area contributed by atoms with Gasteiger partial charge in [0.05, 0.1) is 24.4 Å². The maximum atomic E-state index is 13.8. The Labute approximate surface area is 232 Å². The maximum absolute atomic E-state index is 13.8. The van der Waals surface area contributed by atoms with E-state index in [1.54, 1.807) is 35.3 Å². The van der Waals surface area contributed by atoms with Crippen LogP contribution in [-0.2, 0) is 18.3 Å². The number of hydrazine groups is 1. The first kappa shape index (κ1) is 30.8. The highest BCUT2D eigenvalue weighted by atomic mass is 19.4. The predicted molar refractivity (Wildman–Crippen MR) is 148 cm³/mol. The molecule has 1 heterocycles. The third-order valence-corrected chi connectivity index (χ3v) is 6.90. The van der Waals surface area contributed by atoms with Crippen molar-refractivity contribution < 1.29 is 22.7 Å². The molecule has 0 aliphatic heterocycles. The minimum Gasteiger partial charge on any atom is -0.496 e. The number of aryl methyl sites for hydroxylation is 2. The molecule has 40 heavy (non-hydrogen) atoms. The third kappa shape index (κ3) is 7.66. The van der Waals surface area contributed by atoms with Gasteiger partial charge in [-0.25, -0.2) is 5.84 Å². The van der Waals surface area contributed by atoms with Gasteiger partial charge in [0.15, 0.2) is 0 Å². The SMILES string of the molecule is Cc1ccc(C(=O)NC2=CC(C(F)(F)F)C(C)C(OCCN(C)C)=C2)cc1CN(N)/C=C(\N)c1cnn(C)c1C. The molecule has 12 heteroatoms. The number of allylic oxidation sites excluding steroid dienone is 3. The predicted octanol–water partition coefficient (Wildman–Crippen LogP) is 3.57. The van der Waals surface area contributed by atoms with Crippen molar-refractivity contribution in [1.29, 1.82) is 0 Å². The van der Waals surface area contributed by atoms with Crippen LogP contribution in [0.4, 0.5) is 13.2 Å². The van der Waals surface area contributed by atoms with Crippen LogP contribution in [-0.4, -0.2) is 59.0 Å². The number of ether oxygens (including phenoxy) is 1. The van der Waals surface area contributed by atoms with Crippen molar-refractivity contribution in [3.63, 3.8) is 0 Å². The van der Waals surface area contributed by atoms with Crippen molar-refractivity contribution in [2.45, 2.75) is 33.5 Å². The van der Waals surface area contributed by atoms with Crippen LogP contribution in [0.1, 0.15) is 39.7 Å². The molecular formula is C28H38F3N7O2. The summed E-state index contributed by atoms with van der Waals surface area (Å²) in [6.45, 7) is 6.25. The number of hydrogen-bond acceptors (Lipinski definition) is 7. The smallest absolute Gasteiger partial charge is 0.395 e. The zero-order valence-electron chi connectivity index (χ0n) is 23.7. The van der Waals surface area contributed by atoms with Gasteiger partial charge in [0.2, 0.25) is 0 Å². The number of likely N-dealkylation sites (N-methyl/N-ethyl adjacent to an activating group) is 1. The number of hydrogen-bond donors (Lipinski definition) is 3. The summed E-state index contributed by atoms with van der Waals surface area (Å²) >= 11 is 0. The fraction of sp³-hybridized carbons (Fsp3) is 0.429. The minimum atomic E-state index is -4.49. The fourth-order valence-electron chi connectivity index (χ4n) is 4.28. The summed E-state index contributed by atoms with van der Waals surface area (Å²) in [4.78, 5) is 15.0. The second-order valence-electron chi connectivity index (χ2n) is 10.3. The molecule has 1 aliphatic rings. The molecule has 2 aromatic rings. The average molecular weight is 562 g/mol. The van der Waals surface area contributed by atoms with Crippen LogP contribution in [0.5, 0.6) is 0 Å². The van der Waals surface area contributed by atoms with Crippen LogP contribution in [0.25, 0.3) is 5.70 Å². The van der Waals surface area contributed by atoms with Gasteiger partial charge in [-0.3, -0.25) is 9.48 Å². The van der Waals surface area contributed by atoms with Crippen LogP contribution >= 0.6 is 0 Å². The molecule has 0 fully saturated rings. The van der Waals surface area contributed by atoms with Gasteiger partial charge in [-0.2, -0.15) is 18.3 Å². The van der Waals surface area contributed by atoms with Gasteiger partial charge in [-0.05, 0) is 63.4 Å². The van der Waals surface area contributed by atoms with Crippen LogP contribution in [0.3, 0.4) is 0 Å². The second-order valence-corrected chi connectivity index (χ2v) is 10.3. The Morgan fingerprint density at radius 3 is 2.58 bits per heavy atom. The number of halogens is 3. The van der Waals surface area contributed by atoms with Crippen molar-refractivity contribution >= 4 is 11.6 Å². The largest absolute Gasteiger partial charge is 0.496 e. The van der Waals surface area contributed by atoms with E-state index in [1.807, 2.05) is 39.9 Å². The molecule has 1 aliphatic carbocycles. The molecule has 2 unspecified atom stereocenters. The Kier molecular flexibility index (Phi) is 9.69. The summed E-state index contributed by atoms with van der Waals surface area (Å²) in [5.41, 5.74) is 10.2. The first-order chi connectivity index (χ1) is 18.7. The summed E-state index contributed by atoms with van der Waals surface area (Å²) in [6, 6.07) is 5.04. The molecule has 2 atom stereocenters. The number of amides is 1. The fourth-order valence-corrected chi connectivity index (χ4v) is 4.28. The lowest BCUT2D eigenvalue weighted by Crippen LogP contribution is -2.34. The Hall–Kier alpha value is -3.77. The van der Waals surface area contributed by atoms with Crippen LogP contribution < -0.4 is 16.9 Å². The van der Waals surface area contributed by atoms with Crippen LogP contribution in [0.15, 0.2) is 54.2 Å². The number of nitrogens with one attached hydrogen (secondary N) is 1. The molecular weight excluding hydrogens is 523 g/mol. The summed E-state index contributed by atoms with van der Waals surface area (Å²) in [6.07, 6.45) is 1.24. The lowest BCUT2D eigenvalue weighted by molar-refractivity contribution is -0.173. The number of nitrogens with two attached hydrogens (primary N) is 2. The van der Waals surface area contributed by atoms with Gasteiger partial charge in [-0.1, -0.05) is 13.0 Å². The molecule has 0 saturated carbocycles. The summed E-state index contributed by atoms with van der Waals surface area (Å²) in [5, 5.41) is 8.21. The molecule has 0 radical (unpaired) electrons. The first-order valence-corrected chi connectivity index (χ1v) is 12.8. The van der Waals surface area contributed by atoms with E-state index in [-0.39, 0.29) is 30.2 Å². The minimum absolute atomic E-state index is 0.0374. The van der Waals surface area contributed by atoms with Gasteiger partial charge in [0.25, 0.3) is 5.91 Å². The highest BCUT2D eigenvalue weighted by molar-refractivity contribution is 5.95. The molecule has 218 valence electrons. The van der Waals surface area contributed by atoms with Crippen LogP contribution in [0, 0.1) is 25.7 Å². The van der Waals surface area contributed by atoms with Crippen molar-refractivity contribution in [2.24, 2.45) is 30.5 Å².